The molecule has 1 N–H and O–H groups in total. The van der Waals surface area contributed by atoms with Crippen LogP contribution in [-0.2, 0) is 9.63 Å². The van der Waals surface area contributed by atoms with Gasteiger partial charge in [0.15, 0.2) is 6.10 Å². The van der Waals surface area contributed by atoms with Gasteiger partial charge in [-0.1, -0.05) is 11.6 Å². The molecule has 1 amide bonds. The molecule has 0 aliphatic carbocycles. The van der Waals surface area contributed by atoms with Gasteiger partial charge in [0.05, 0.1) is 0 Å². The first-order chi connectivity index (χ1) is 8.99. The third kappa shape index (κ3) is 5.91. The first-order valence-corrected chi connectivity index (χ1v) is 5.84. The van der Waals surface area contributed by atoms with Crippen molar-refractivity contribution < 1.29 is 19.5 Å². The molecule has 0 aliphatic rings. The number of carbonyl (C=O) groups excluding carboxylic acids is 1. The zero-order valence-corrected chi connectivity index (χ0v) is 10.9. The van der Waals surface area contributed by atoms with Gasteiger partial charge in [0.1, 0.15) is 12.4 Å². The highest BCUT2D eigenvalue weighted by molar-refractivity contribution is 6.30. The molecule has 1 aromatic rings. The summed E-state index contributed by atoms with van der Waals surface area (Å²) < 4.78 is 5.36. The molecule has 0 bridgehead atoms. The second-order valence-electron chi connectivity index (χ2n) is 3.56. The summed E-state index contributed by atoms with van der Waals surface area (Å²) in [4.78, 5) is 25.5. The lowest BCUT2D eigenvalue weighted by Gasteiger charge is -2.14. The lowest BCUT2D eigenvalue weighted by Crippen LogP contribution is -2.38. The van der Waals surface area contributed by atoms with Gasteiger partial charge >= 0.3 is 0 Å². The molecular weight excluding hydrogens is 276 g/mol. The Morgan fingerprint density at radius 2 is 2.11 bits per heavy atom. The van der Waals surface area contributed by atoms with E-state index in [0.717, 1.165) is 0 Å². The van der Waals surface area contributed by atoms with E-state index in [4.69, 9.17) is 16.3 Å². The van der Waals surface area contributed by atoms with E-state index in [0.29, 0.717) is 10.8 Å². The van der Waals surface area contributed by atoms with Crippen LogP contribution in [-0.4, -0.2) is 30.2 Å². The smallest absolute Gasteiger partial charge is 0.294 e. The Bertz CT molecular complexity index is 437. The SMILES string of the molecule is CC(Oc1ccc(Cl)cc1)C(=O)NCCO[N+](=O)[O-]. The van der Waals surface area contributed by atoms with Gasteiger partial charge in [-0.2, -0.15) is 0 Å². The van der Waals surface area contributed by atoms with Crippen LogP contribution in [0.2, 0.25) is 5.02 Å². The van der Waals surface area contributed by atoms with Gasteiger partial charge in [-0.25, -0.2) is 0 Å². The summed E-state index contributed by atoms with van der Waals surface area (Å²) in [7, 11) is 0. The van der Waals surface area contributed by atoms with E-state index < -0.39 is 11.2 Å². The second kappa shape index (κ2) is 7.42. The summed E-state index contributed by atoms with van der Waals surface area (Å²) in [6.45, 7) is 1.40. The van der Waals surface area contributed by atoms with Crippen LogP contribution in [0, 0.1) is 10.1 Å². The quantitative estimate of drug-likeness (QED) is 0.465. The van der Waals surface area contributed by atoms with Crippen molar-refractivity contribution >= 4 is 17.5 Å². The number of hydrogen-bond acceptors (Lipinski definition) is 5. The maximum Gasteiger partial charge on any atom is 0.294 e. The molecule has 8 heteroatoms. The molecule has 1 rings (SSSR count). The Balaban J connectivity index is 2.32. The number of amides is 1. The molecular formula is C11H13ClN2O5. The minimum atomic E-state index is -0.917. The fourth-order valence-corrected chi connectivity index (χ4v) is 1.33. The van der Waals surface area contributed by atoms with Crippen LogP contribution in [0.4, 0.5) is 0 Å². The van der Waals surface area contributed by atoms with Gasteiger partial charge < -0.3 is 14.9 Å². The van der Waals surface area contributed by atoms with E-state index in [-0.39, 0.29) is 19.1 Å². The van der Waals surface area contributed by atoms with Crippen molar-refractivity contribution in [3.05, 3.63) is 39.4 Å². The third-order valence-corrected chi connectivity index (χ3v) is 2.35. The van der Waals surface area contributed by atoms with Crippen LogP contribution in [0.1, 0.15) is 6.92 Å². The van der Waals surface area contributed by atoms with Crippen LogP contribution in [0.5, 0.6) is 5.75 Å². The molecule has 1 aromatic carbocycles. The number of hydrogen-bond donors (Lipinski definition) is 1. The number of nitrogens with one attached hydrogen (secondary N) is 1. The fourth-order valence-electron chi connectivity index (χ4n) is 1.21. The number of halogens is 1. The van der Waals surface area contributed by atoms with Crippen LogP contribution in [0.15, 0.2) is 24.3 Å². The fraction of sp³-hybridized carbons (Fsp3) is 0.364. The van der Waals surface area contributed by atoms with E-state index in [1.54, 1.807) is 31.2 Å². The molecule has 104 valence electrons. The van der Waals surface area contributed by atoms with Crippen molar-refractivity contribution in [2.45, 2.75) is 13.0 Å². The molecule has 1 unspecified atom stereocenters. The average Bonchev–Trinajstić information content (AvgIpc) is 2.36. The number of rotatable bonds is 7. The van der Waals surface area contributed by atoms with Gasteiger partial charge in [0, 0.05) is 11.6 Å². The largest absolute Gasteiger partial charge is 0.481 e. The minimum Gasteiger partial charge on any atom is -0.481 e. The van der Waals surface area contributed by atoms with Crippen molar-refractivity contribution in [3.8, 4) is 5.75 Å². The Hall–Kier alpha value is -2.02. The molecule has 0 saturated carbocycles. The number of nitrogens with zero attached hydrogens (tertiary/aromatic N) is 1. The van der Waals surface area contributed by atoms with E-state index in [9.17, 15) is 14.9 Å². The summed E-state index contributed by atoms with van der Waals surface area (Å²) >= 11 is 5.72. The van der Waals surface area contributed by atoms with Gasteiger partial charge in [-0.05, 0) is 31.2 Å². The van der Waals surface area contributed by atoms with E-state index in [1.807, 2.05) is 0 Å². The first kappa shape index (κ1) is 15.0. The minimum absolute atomic E-state index is 0.0358. The predicted octanol–water partition coefficient (Wildman–Crippen LogP) is 1.43. The normalized spacial score (nSPS) is 11.5. The van der Waals surface area contributed by atoms with Crippen molar-refractivity contribution in [2.75, 3.05) is 13.2 Å². The molecule has 1 atom stereocenters. The zero-order chi connectivity index (χ0) is 14.3. The summed E-state index contributed by atoms with van der Waals surface area (Å²) in [5.74, 6) is 0.121. The lowest BCUT2D eigenvalue weighted by atomic mass is 10.3. The first-order valence-electron chi connectivity index (χ1n) is 5.46. The summed E-state index contributed by atoms with van der Waals surface area (Å²) in [5.41, 5.74) is 0. The molecule has 0 heterocycles. The van der Waals surface area contributed by atoms with Gasteiger partial charge in [-0.3, -0.25) is 4.79 Å². The standard InChI is InChI=1S/C11H13ClN2O5/c1-8(11(15)13-6-7-18-14(16)17)19-10-4-2-9(12)3-5-10/h2-5,8H,6-7H2,1H3,(H,13,15). The monoisotopic (exact) mass is 288 g/mol. The predicted molar refractivity (Wildman–Crippen MR) is 67.5 cm³/mol. The topological polar surface area (TPSA) is 90.7 Å². The molecule has 0 radical (unpaired) electrons. The summed E-state index contributed by atoms with van der Waals surface area (Å²) in [6.07, 6.45) is -0.725. The molecule has 19 heavy (non-hydrogen) atoms. The van der Waals surface area contributed by atoms with Crippen molar-refractivity contribution in [1.29, 1.82) is 0 Å². The third-order valence-electron chi connectivity index (χ3n) is 2.09. The highest BCUT2D eigenvalue weighted by Gasteiger charge is 2.14. The molecule has 0 aromatic heterocycles. The molecule has 0 spiro atoms. The number of ether oxygens (including phenoxy) is 1. The van der Waals surface area contributed by atoms with Crippen molar-refractivity contribution in [1.82, 2.24) is 5.32 Å². The second-order valence-corrected chi connectivity index (χ2v) is 4.00. The zero-order valence-electron chi connectivity index (χ0n) is 10.2. The molecule has 0 fully saturated rings. The Kier molecular flexibility index (Phi) is 5.87. The van der Waals surface area contributed by atoms with Crippen LogP contribution in [0.3, 0.4) is 0 Å². The van der Waals surface area contributed by atoms with Crippen LogP contribution < -0.4 is 10.1 Å². The molecule has 7 nitrogen and oxygen atoms in total. The highest BCUT2D eigenvalue weighted by Crippen LogP contribution is 2.16. The van der Waals surface area contributed by atoms with Gasteiger partial charge in [0.2, 0.25) is 0 Å². The van der Waals surface area contributed by atoms with Gasteiger partial charge in [-0.15, -0.1) is 10.1 Å². The molecule has 0 saturated heterocycles. The molecule has 0 aliphatic heterocycles. The van der Waals surface area contributed by atoms with E-state index in [2.05, 4.69) is 10.2 Å². The number of benzene rings is 1. The summed E-state index contributed by atoms with van der Waals surface area (Å²) in [5, 5.41) is 12.0. The van der Waals surface area contributed by atoms with Crippen LogP contribution >= 0.6 is 11.6 Å². The Morgan fingerprint density at radius 3 is 2.68 bits per heavy atom. The average molecular weight is 289 g/mol. The number of carbonyl (C=O) groups is 1. The van der Waals surface area contributed by atoms with Crippen LogP contribution in [0.25, 0.3) is 0 Å². The Labute approximate surface area is 114 Å². The van der Waals surface area contributed by atoms with Gasteiger partial charge in [0.25, 0.3) is 11.0 Å². The highest BCUT2D eigenvalue weighted by atomic mass is 35.5. The maximum absolute atomic E-state index is 11.6. The van der Waals surface area contributed by atoms with Crippen molar-refractivity contribution in [2.24, 2.45) is 0 Å². The Morgan fingerprint density at radius 1 is 1.47 bits per heavy atom. The van der Waals surface area contributed by atoms with E-state index >= 15 is 0 Å². The van der Waals surface area contributed by atoms with Crippen molar-refractivity contribution in [3.63, 3.8) is 0 Å². The lowest BCUT2D eigenvalue weighted by molar-refractivity contribution is -0.757. The maximum atomic E-state index is 11.6. The summed E-state index contributed by atoms with van der Waals surface area (Å²) in [6, 6.07) is 6.57. The van der Waals surface area contributed by atoms with E-state index in [1.165, 1.54) is 0 Å².